The first-order chi connectivity index (χ1) is 3.42. The molecule has 0 spiro atoms. The maximum Gasteiger partial charge on any atom is 1.00 e. The average Bonchev–Trinajstić information content (AvgIpc) is 1.21. The van der Waals surface area contributed by atoms with Gasteiger partial charge in [0.2, 0.25) is 7.94 Å². The SMILES string of the molecule is O=C([O-])C[P+]([O-])(O)O.[K+]. The van der Waals surface area contributed by atoms with Gasteiger partial charge in [-0.2, -0.15) is 0 Å². The zero-order valence-electron chi connectivity index (χ0n) is 4.77. The number of hydrogen-bond donors (Lipinski definition) is 2. The molecule has 0 radical (unpaired) electrons. The van der Waals surface area contributed by atoms with Crippen molar-refractivity contribution in [2.45, 2.75) is 0 Å². The van der Waals surface area contributed by atoms with Crippen molar-refractivity contribution in [1.29, 1.82) is 0 Å². The molecule has 0 bridgehead atoms. The molecule has 0 aromatic carbocycles. The predicted molar refractivity (Wildman–Crippen MR) is 21.2 cm³/mol. The summed E-state index contributed by atoms with van der Waals surface area (Å²) in [6.45, 7) is 0. The summed E-state index contributed by atoms with van der Waals surface area (Å²) in [7, 11) is -4.38. The van der Waals surface area contributed by atoms with Gasteiger partial charge in [-0.25, -0.2) is 9.79 Å². The Kier molecular flexibility index (Phi) is 7.41. The minimum absolute atomic E-state index is 0. The molecule has 5 nitrogen and oxygen atoms in total. The van der Waals surface area contributed by atoms with Crippen molar-refractivity contribution in [2.24, 2.45) is 0 Å². The van der Waals surface area contributed by atoms with Crippen LogP contribution in [0, 0.1) is 0 Å². The van der Waals surface area contributed by atoms with Crippen LogP contribution in [0.2, 0.25) is 0 Å². The van der Waals surface area contributed by atoms with Crippen molar-refractivity contribution in [3.8, 4) is 0 Å². The van der Waals surface area contributed by atoms with Gasteiger partial charge < -0.3 is 14.8 Å². The predicted octanol–water partition coefficient (Wildman–Crippen LogP) is -6.15. The first-order valence-corrected chi connectivity index (χ1v) is 3.46. The van der Waals surface area contributed by atoms with Gasteiger partial charge in [0.1, 0.15) is 6.16 Å². The Bertz CT molecular complexity index is 97.6. The van der Waals surface area contributed by atoms with Gasteiger partial charge in [0.25, 0.3) is 0 Å². The normalized spacial score (nSPS) is 10.1. The first-order valence-electron chi connectivity index (χ1n) is 1.66. The van der Waals surface area contributed by atoms with Gasteiger partial charge in [-0.1, -0.05) is 0 Å². The largest absolute Gasteiger partial charge is 1.00 e. The molecule has 0 aliphatic heterocycles. The Morgan fingerprint density at radius 3 is 1.89 bits per heavy atom. The third kappa shape index (κ3) is 12.6. The molecule has 0 amide bonds. The molecule has 0 aliphatic rings. The minimum atomic E-state index is -4.38. The Morgan fingerprint density at radius 2 is 1.89 bits per heavy atom. The summed E-state index contributed by atoms with van der Waals surface area (Å²) >= 11 is 0. The molecule has 0 unspecified atom stereocenters. The summed E-state index contributed by atoms with van der Waals surface area (Å²) in [6, 6.07) is 0. The van der Waals surface area contributed by atoms with E-state index in [4.69, 9.17) is 9.79 Å². The third-order valence-corrected chi connectivity index (χ3v) is 1.01. The fraction of sp³-hybridized carbons (Fsp3) is 0.500. The van der Waals surface area contributed by atoms with E-state index in [1.54, 1.807) is 0 Å². The molecule has 0 aromatic heterocycles. The molecule has 0 fully saturated rings. The van der Waals surface area contributed by atoms with Crippen molar-refractivity contribution >= 4 is 13.9 Å². The maximum absolute atomic E-state index is 9.72. The molecule has 0 heterocycles. The molecule has 0 aromatic rings. The summed E-state index contributed by atoms with van der Waals surface area (Å²) in [5.74, 6) is -1.74. The van der Waals surface area contributed by atoms with Crippen LogP contribution in [0.15, 0.2) is 0 Å². The van der Waals surface area contributed by atoms with E-state index < -0.39 is 20.1 Å². The van der Waals surface area contributed by atoms with E-state index in [9.17, 15) is 14.8 Å². The van der Waals surface area contributed by atoms with Crippen LogP contribution in [0.5, 0.6) is 0 Å². The van der Waals surface area contributed by atoms with Crippen LogP contribution in [0.1, 0.15) is 0 Å². The van der Waals surface area contributed by atoms with E-state index in [1.807, 2.05) is 0 Å². The van der Waals surface area contributed by atoms with Crippen LogP contribution in [0.4, 0.5) is 0 Å². The smallest absolute Gasteiger partial charge is 0.631 e. The molecule has 0 aliphatic carbocycles. The van der Waals surface area contributed by atoms with Gasteiger partial charge in [0.05, 0.1) is 5.97 Å². The third-order valence-electron chi connectivity index (χ3n) is 0.335. The Morgan fingerprint density at radius 1 is 1.56 bits per heavy atom. The number of carboxylic acids is 1. The van der Waals surface area contributed by atoms with Crippen molar-refractivity contribution in [3.05, 3.63) is 0 Å². The molecule has 0 atom stereocenters. The Hall–Kier alpha value is 1.42. The number of carboxylic acid groups (broad SMARTS) is 1. The van der Waals surface area contributed by atoms with Gasteiger partial charge in [-0.15, -0.1) is 0 Å². The van der Waals surface area contributed by atoms with Gasteiger partial charge >= 0.3 is 51.4 Å². The standard InChI is InChI=1S/C2H5O5P.K/c3-2(4)1-8(5,6)7;/h1H2,(H,3,4)(H2,5,6,7);/q;+1/p-1. The van der Waals surface area contributed by atoms with Gasteiger partial charge in [-0.3, -0.25) is 0 Å². The van der Waals surface area contributed by atoms with Gasteiger partial charge in [-0.05, 0) is 0 Å². The molecule has 9 heavy (non-hydrogen) atoms. The second-order valence-electron chi connectivity index (χ2n) is 1.19. The number of rotatable bonds is 2. The molecule has 7 heteroatoms. The average molecular weight is 178 g/mol. The molecule has 2 N–H and O–H groups in total. The van der Waals surface area contributed by atoms with E-state index >= 15 is 0 Å². The monoisotopic (exact) mass is 178 g/mol. The van der Waals surface area contributed by atoms with Crippen molar-refractivity contribution in [1.82, 2.24) is 0 Å². The topological polar surface area (TPSA) is 104 Å². The number of aliphatic carboxylic acids is 1. The molecular formula is C2H4KO5P. The minimum Gasteiger partial charge on any atom is -0.631 e. The van der Waals surface area contributed by atoms with E-state index in [0.717, 1.165) is 0 Å². The van der Waals surface area contributed by atoms with Crippen LogP contribution in [-0.4, -0.2) is 21.9 Å². The second kappa shape index (κ2) is 5.12. The number of hydrogen-bond acceptors (Lipinski definition) is 5. The van der Waals surface area contributed by atoms with Crippen LogP contribution in [0.25, 0.3) is 0 Å². The Labute approximate surface area is 94.7 Å². The molecular weight excluding hydrogens is 174 g/mol. The van der Waals surface area contributed by atoms with Gasteiger partial charge in [0.15, 0.2) is 0 Å². The zero-order chi connectivity index (χ0) is 6.78. The fourth-order valence-electron chi connectivity index (χ4n) is 0.168. The first kappa shape index (κ1) is 13.0. The fourth-order valence-corrected chi connectivity index (χ4v) is 0.505. The van der Waals surface area contributed by atoms with Crippen molar-refractivity contribution in [3.63, 3.8) is 0 Å². The number of carbonyl (C=O) groups is 1. The van der Waals surface area contributed by atoms with Crippen LogP contribution >= 0.6 is 7.94 Å². The second-order valence-corrected chi connectivity index (χ2v) is 2.84. The van der Waals surface area contributed by atoms with Gasteiger partial charge in [0, 0.05) is 0 Å². The van der Waals surface area contributed by atoms with Crippen molar-refractivity contribution < 1.29 is 76.0 Å². The van der Waals surface area contributed by atoms with Crippen LogP contribution in [-0.2, 0) is 4.79 Å². The summed E-state index contributed by atoms with van der Waals surface area (Å²) in [4.78, 5) is 34.9. The quantitative estimate of drug-likeness (QED) is 0.323. The van der Waals surface area contributed by atoms with E-state index in [-0.39, 0.29) is 51.4 Å². The summed E-state index contributed by atoms with van der Waals surface area (Å²) in [6.07, 6.45) is -1.20. The summed E-state index contributed by atoms with van der Waals surface area (Å²) < 4.78 is 0. The van der Waals surface area contributed by atoms with Crippen molar-refractivity contribution in [2.75, 3.05) is 6.16 Å². The molecule has 0 saturated heterocycles. The molecule has 0 saturated carbocycles. The van der Waals surface area contributed by atoms with E-state index in [0.29, 0.717) is 0 Å². The summed E-state index contributed by atoms with van der Waals surface area (Å²) in [5.41, 5.74) is 0. The van der Waals surface area contributed by atoms with Crippen LogP contribution in [0.3, 0.4) is 0 Å². The Balaban J connectivity index is 0. The van der Waals surface area contributed by atoms with E-state index in [1.165, 1.54) is 0 Å². The van der Waals surface area contributed by atoms with Crippen LogP contribution < -0.4 is 61.4 Å². The summed E-state index contributed by atoms with van der Waals surface area (Å²) in [5, 5.41) is 9.41. The maximum atomic E-state index is 9.72. The van der Waals surface area contributed by atoms with E-state index in [2.05, 4.69) is 0 Å². The molecule has 48 valence electrons. The molecule has 0 rings (SSSR count). The number of carbonyl (C=O) groups excluding carboxylic acids is 1. The zero-order valence-corrected chi connectivity index (χ0v) is 8.79.